The van der Waals surface area contributed by atoms with Gasteiger partial charge in [0.15, 0.2) is 0 Å². The topological polar surface area (TPSA) is 55.8 Å². The second-order valence-corrected chi connectivity index (χ2v) is 8.47. The third-order valence-corrected chi connectivity index (χ3v) is 6.79. The van der Waals surface area contributed by atoms with Crippen LogP contribution in [0.15, 0.2) is 36.4 Å². The van der Waals surface area contributed by atoms with E-state index in [9.17, 15) is 9.59 Å². The molecule has 28 heavy (non-hydrogen) atoms. The zero-order valence-corrected chi connectivity index (χ0v) is 16.9. The molecule has 4 rings (SSSR count). The van der Waals surface area contributed by atoms with Crippen LogP contribution in [0.4, 0.5) is 0 Å². The van der Waals surface area contributed by atoms with E-state index in [4.69, 9.17) is 9.47 Å². The number of thiophene rings is 1. The van der Waals surface area contributed by atoms with Crippen LogP contribution in [0.2, 0.25) is 0 Å². The molecule has 1 atom stereocenters. The van der Waals surface area contributed by atoms with Gasteiger partial charge in [-0.15, -0.1) is 11.3 Å². The summed E-state index contributed by atoms with van der Waals surface area (Å²) in [5.74, 6) is -0.366. The zero-order valence-electron chi connectivity index (χ0n) is 16.1. The number of likely N-dealkylation sites (tertiary alicyclic amines) is 1. The molecule has 5 nitrogen and oxygen atoms in total. The normalized spacial score (nSPS) is 21.4. The van der Waals surface area contributed by atoms with Gasteiger partial charge in [0, 0.05) is 24.3 Å². The lowest BCUT2D eigenvalue weighted by atomic mass is 9.87. The SMILES string of the molecule is CCOC(=O)C1(Cc2ccccc2)CCCN1C(=O)c1cc2c(s1)CCOC2. The summed E-state index contributed by atoms with van der Waals surface area (Å²) in [6, 6.07) is 11.8. The van der Waals surface area contributed by atoms with Gasteiger partial charge in [0.05, 0.1) is 24.7 Å². The lowest BCUT2D eigenvalue weighted by Gasteiger charge is -2.36. The Hall–Kier alpha value is -2.18. The second kappa shape index (κ2) is 8.05. The highest BCUT2D eigenvalue weighted by Crippen LogP contribution is 2.37. The molecule has 1 unspecified atom stereocenters. The number of nitrogens with zero attached hydrogens (tertiary/aromatic N) is 1. The van der Waals surface area contributed by atoms with Gasteiger partial charge in [-0.25, -0.2) is 4.79 Å². The third kappa shape index (κ3) is 3.47. The van der Waals surface area contributed by atoms with Gasteiger partial charge >= 0.3 is 5.97 Å². The van der Waals surface area contributed by atoms with Crippen molar-refractivity contribution in [3.8, 4) is 0 Å². The van der Waals surface area contributed by atoms with Crippen molar-refractivity contribution < 1.29 is 19.1 Å². The van der Waals surface area contributed by atoms with Crippen molar-refractivity contribution in [3.63, 3.8) is 0 Å². The number of hydrogen-bond acceptors (Lipinski definition) is 5. The molecule has 0 spiro atoms. The molecule has 2 aliphatic heterocycles. The van der Waals surface area contributed by atoms with Crippen molar-refractivity contribution in [2.24, 2.45) is 0 Å². The molecule has 1 fully saturated rings. The molecule has 0 aliphatic carbocycles. The fourth-order valence-electron chi connectivity index (χ4n) is 4.23. The van der Waals surface area contributed by atoms with Crippen LogP contribution in [0.1, 0.15) is 45.4 Å². The number of hydrogen-bond donors (Lipinski definition) is 0. The Balaban J connectivity index is 1.67. The maximum Gasteiger partial charge on any atom is 0.332 e. The lowest BCUT2D eigenvalue weighted by Crippen LogP contribution is -2.55. The zero-order chi connectivity index (χ0) is 19.6. The largest absolute Gasteiger partial charge is 0.464 e. The van der Waals surface area contributed by atoms with Gasteiger partial charge in [0.25, 0.3) is 5.91 Å². The van der Waals surface area contributed by atoms with Crippen molar-refractivity contribution in [3.05, 3.63) is 57.3 Å². The molecule has 2 aromatic rings. The standard InChI is InChI=1S/C22H25NO4S/c1-2-27-21(25)22(14-16-7-4-3-5-8-16)10-6-11-23(22)20(24)19-13-17-15-26-12-9-18(17)28-19/h3-5,7-8,13H,2,6,9-12,14-15H2,1H3. The Labute approximate surface area is 169 Å². The summed E-state index contributed by atoms with van der Waals surface area (Å²) in [6.45, 7) is 3.95. The molecule has 148 valence electrons. The van der Waals surface area contributed by atoms with Crippen LogP contribution in [0.5, 0.6) is 0 Å². The smallest absolute Gasteiger partial charge is 0.332 e. The van der Waals surface area contributed by atoms with E-state index in [0.717, 1.165) is 24.0 Å². The summed E-state index contributed by atoms with van der Waals surface area (Å²) in [5, 5.41) is 0. The van der Waals surface area contributed by atoms with Crippen LogP contribution >= 0.6 is 11.3 Å². The van der Waals surface area contributed by atoms with Crippen LogP contribution in [-0.4, -0.2) is 42.1 Å². The number of esters is 1. The van der Waals surface area contributed by atoms with E-state index in [2.05, 4.69) is 0 Å². The fourth-order valence-corrected chi connectivity index (χ4v) is 5.33. The van der Waals surface area contributed by atoms with Gasteiger partial charge in [0.2, 0.25) is 0 Å². The minimum atomic E-state index is -0.935. The first-order valence-electron chi connectivity index (χ1n) is 9.86. The molecule has 3 heterocycles. The number of benzene rings is 1. The number of carbonyl (C=O) groups is 2. The maximum atomic E-state index is 13.5. The average Bonchev–Trinajstić information content (AvgIpc) is 3.33. The maximum absolute atomic E-state index is 13.5. The van der Waals surface area contributed by atoms with Gasteiger partial charge in [-0.1, -0.05) is 30.3 Å². The van der Waals surface area contributed by atoms with Crippen molar-refractivity contribution >= 4 is 23.2 Å². The van der Waals surface area contributed by atoms with E-state index in [1.807, 2.05) is 43.3 Å². The van der Waals surface area contributed by atoms with Crippen LogP contribution in [0.25, 0.3) is 0 Å². The van der Waals surface area contributed by atoms with Crippen molar-refractivity contribution in [2.45, 2.75) is 44.8 Å². The minimum absolute atomic E-state index is 0.0686. The van der Waals surface area contributed by atoms with Crippen molar-refractivity contribution in [1.29, 1.82) is 0 Å². The van der Waals surface area contributed by atoms with E-state index in [1.54, 1.807) is 4.90 Å². The number of carbonyl (C=O) groups excluding carboxylic acids is 2. The Bertz CT molecular complexity index is 839. The van der Waals surface area contributed by atoms with Crippen molar-refractivity contribution in [1.82, 2.24) is 4.90 Å². The van der Waals surface area contributed by atoms with Crippen LogP contribution < -0.4 is 0 Å². The molecular formula is C22H25NO4S. The molecule has 2 aliphatic rings. The molecule has 0 N–H and O–H groups in total. The monoisotopic (exact) mass is 399 g/mol. The quantitative estimate of drug-likeness (QED) is 0.721. The summed E-state index contributed by atoms with van der Waals surface area (Å²) in [4.78, 5) is 30.2. The number of rotatable bonds is 5. The Morgan fingerprint density at radius 3 is 2.86 bits per heavy atom. The molecule has 1 amide bonds. The van der Waals surface area contributed by atoms with E-state index >= 15 is 0 Å². The van der Waals surface area contributed by atoms with E-state index in [0.29, 0.717) is 44.1 Å². The Morgan fingerprint density at radius 1 is 1.29 bits per heavy atom. The van der Waals surface area contributed by atoms with Crippen LogP contribution in [0, 0.1) is 0 Å². The van der Waals surface area contributed by atoms with Gasteiger partial charge in [-0.2, -0.15) is 0 Å². The molecule has 0 saturated carbocycles. The summed E-state index contributed by atoms with van der Waals surface area (Å²) in [6.07, 6.45) is 2.75. The van der Waals surface area contributed by atoms with Crippen LogP contribution in [0.3, 0.4) is 0 Å². The first-order valence-corrected chi connectivity index (χ1v) is 10.7. The van der Waals surface area contributed by atoms with Gasteiger partial charge in [0.1, 0.15) is 5.54 Å². The number of ether oxygens (including phenoxy) is 2. The van der Waals surface area contributed by atoms with Crippen LogP contribution in [-0.2, 0) is 33.7 Å². The highest BCUT2D eigenvalue weighted by molar-refractivity contribution is 7.14. The number of amides is 1. The summed E-state index contributed by atoms with van der Waals surface area (Å²) in [7, 11) is 0. The summed E-state index contributed by atoms with van der Waals surface area (Å²) in [5.41, 5.74) is 1.20. The van der Waals surface area contributed by atoms with E-state index in [1.165, 1.54) is 16.2 Å². The first kappa shape index (κ1) is 19.2. The number of fused-ring (bicyclic) bond motifs is 1. The average molecular weight is 400 g/mol. The van der Waals surface area contributed by atoms with Crippen molar-refractivity contribution in [2.75, 3.05) is 19.8 Å². The molecule has 1 saturated heterocycles. The fraction of sp³-hybridized carbons (Fsp3) is 0.455. The predicted molar refractivity (Wildman–Crippen MR) is 107 cm³/mol. The van der Waals surface area contributed by atoms with Gasteiger partial charge < -0.3 is 14.4 Å². The predicted octanol–water partition coefficient (Wildman–Crippen LogP) is 3.60. The lowest BCUT2D eigenvalue weighted by molar-refractivity contribution is -0.154. The second-order valence-electron chi connectivity index (χ2n) is 7.34. The molecular weight excluding hydrogens is 374 g/mol. The molecule has 0 radical (unpaired) electrons. The summed E-state index contributed by atoms with van der Waals surface area (Å²) < 4.78 is 11.0. The molecule has 1 aromatic heterocycles. The molecule has 1 aromatic carbocycles. The molecule has 0 bridgehead atoms. The Morgan fingerprint density at radius 2 is 2.11 bits per heavy atom. The van der Waals surface area contributed by atoms with E-state index in [-0.39, 0.29) is 11.9 Å². The highest BCUT2D eigenvalue weighted by Gasteiger charge is 2.51. The molecule has 6 heteroatoms. The minimum Gasteiger partial charge on any atom is -0.464 e. The van der Waals surface area contributed by atoms with Gasteiger partial charge in [-0.3, -0.25) is 4.79 Å². The third-order valence-electron chi connectivity index (χ3n) is 5.57. The first-order chi connectivity index (χ1) is 13.6. The summed E-state index contributed by atoms with van der Waals surface area (Å²) >= 11 is 1.54. The van der Waals surface area contributed by atoms with Gasteiger partial charge in [-0.05, 0) is 37.0 Å². The van der Waals surface area contributed by atoms with E-state index < -0.39 is 5.54 Å². The highest BCUT2D eigenvalue weighted by atomic mass is 32.1. The Kier molecular flexibility index (Phi) is 5.51.